The minimum atomic E-state index is -0.198. The summed E-state index contributed by atoms with van der Waals surface area (Å²) in [5.41, 5.74) is 1.47. The van der Waals surface area contributed by atoms with Crippen molar-refractivity contribution >= 4 is 17.5 Å². The van der Waals surface area contributed by atoms with Crippen LogP contribution in [0.15, 0.2) is 34.9 Å². The summed E-state index contributed by atoms with van der Waals surface area (Å²) in [6, 6.07) is 9.59. The molecule has 22 heavy (non-hydrogen) atoms. The molecule has 0 radical (unpaired) electrons. The number of hydrogen-bond donors (Lipinski definition) is 1. The fourth-order valence-corrected chi connectivity index (χ4v) is 3.09. The van der Waals surface area contributed by atoms with Crippen molar-refractivity contribution in [3.8, 4) is 0 Å². The molecule has 2 heterocycles. The number of nitrogens with zero attached hydrogens (tertiary/aromatic N) is 2. The number of nitrogens with one attached hydrogen (secondary N) is 1. The van der Waals surface area contributed by atoms with Crippen molar-refractivity contribution in [1.82, 2.24) is 15.4 Å². The van der Waals surface area contributed by atoms with E-state index in [1.54, 1.807) is 13.0 Å². The topological polar surface area (TPSA) is 58.4 Å². The van der Waals surface area contributed by atoms with Crippen molar-refractivity contribution in [3.63, 3.8) is 0 Å². The molecule has 0 bridgehead atoms. The first-order chi connectivity index (χ1) is 10.5. The van der Waals surface area contributed by atoms with Crippen LogP contribution in [0.2, 0.25) is 5.02 Å². The van der Waals surface area contributed by atoms with Gasteiger partial charge in [0.15, 0.2) is 5.69 Å². The first-order valence-corrected chi connectivity index (χ1v) is 7.62. The Hall–Kier alpha value is -1.85. The van der Waals surface area contributed by atoms with Gasteiger partial charge < -0.3 is 9.84 Å². The second-order valence-corrected chi connectivity index (χ2v) is 6.10. The molecule has 1 aromatic carbocycles. The third-order valence-electron chi connectivity index (χ3n) is 4.04. The number of rotatable bonds is 3. The molecule has 0 saturated carbocycles. The van der Waals surface area contributed by atoms with Crippen LogP contribution in [-0.2, 0) is 0 Å². The highest BCUT2D eigenvalue weighted by Gasteiger charge is 2.34. The predicted octanol–water partition coefficient (Wildman–Crippen LogP) is 2.81. The number of likely N-dealkylation sites (N-methyl/N-ethyl adjacent to an activating group) is 1. The van der Waals surface area contributed by atoms with E-state index in [4.69, 9.17) is 16.1 Å². The number of amides is 1. The van der Waals surface area contributed by atoms with E-state index in [1.165, 1.54) is 0 Å². The van der Waals surface area contributed by atoms with Crippen LogP contribution in [0, 0.1) is 6.92 Å². The molecule has 2 aromatic rings. The van der Waals surface area contributed by atoms with E-state index in [2.05, 4.69) is 22.4 Å². The fourth-order valence-electron chi connectivity index (χ4n) is 2.96. The van der Waals surface area contributed by atoms with Crippen LogP contribution < -0.4 is 5.32 Å². The summed E-state index contributed by atoms with van der Waals surface area (Å²) in [5.74, 6) is 0.430. The fraction of sp³-hybridized carbons (Fsp3) is 0.375. The molecule has 6 heteroatoms. The smallest absolute Gasteiger partial charge is 0.273 e. The maximum absolute atomic E-state index is 12.3. The van der Waals surface area contributed by atoms with Crippen LogP contribution in [0.1, 0.15) is 34.3 Å². The molecule has 1 aromatic heterocycles. The zero-order chi connectivity index (χ0) is 15.7. The molecular weight excluding hydrogens is 302 g/mol. The average molecular weight is 320 g/mol. The van der Waals surface area contributed by atoms with Crippen LogP contribution in [-0.4, -0.2) is 35.6 Å². The zero-order valence-electron chi connectivity index (χ0n) is 12.5. The maximum Gasteiger partial charge on any atom is 0.273 e. The monoisotopic (exact) mass is 319 g/mol. The SMILES string of the molecule is Cc1cc(C(=O)N[C@@H]2CCN(C)[C@@H]2c2ccc(Cl)cc2)no1. The molecule has 1 N–H and O–H groups in total. The Kier molecular flexibility index (Phi) is 4.18. The molecule has 0 unspecified atom stereocenters. The van der Waals surface area contributed by atoms with Crippen molar-refractivity contribution in [2.24, 2.45) is 0 Å². The lowest BCUT2D eigenvalue weighted by Gasteiger charge is -2.26. The highest BCUT2D eigenvalue weighted by molar-refractivity contribution is 6.30. The Morgan fingerprint density at radius 3 is 2.77 bits per heavy atom. The normalized spacial score (nSPS) is 22.0. The first-order valence-electron chi connectivity index (χ1n) is 7.24. The lowest BCUT2D eigenvalue weighted by molar-refractivity contribution is 0.0918. The number of carbonyl (C=O) groups excluding carboxylic acids is 1. The van der Waals surface area contributed by atoms with Gasteiger partial charge in [-0.2, -0.15) is 0 Å². The molecule has 1 amide bonds. The quantitative estimate of drug-likeness (QED) is 0.945. The van der Waals surface area contributed by atoms with Gasteiger partial charge in [-0.1, -0.05) is 28.9 Å². The van der Waals surface area contributed by atoms with E-state index >= 15 is 0 Å². The van der Waals surface area contributed by atoms with Gasteiger partial charge in [0.2, 0.25) is 0 Å². The molecule has 116 valence electrons. The van der Waals surface area contributed by atoms with Gasteiger partial charge in [-0.3, -0.25) is 9.69 Å². The van der Waals surface area contributed by atoms with Crippen LogP contribution in [0.3, 0.4) is 0 Å². The van der Waals surface area contributed by atoms with Crippen molar-refractivity contribution in [1.29, 1.82) is 0 Å². The number of hydrogen-bond acceptors (Lipinski definition) is 4. The van der Waals surface area contributed by atoms with E-state index in [0.717, 1.165) is 18.5 Å². The minimum absolute atomic E-state index is 0.0377. The zero-order valence-corrected chi connectivity index (χ0v) is 13.3. The van der Waals surface area contributed by atoms with Gasteiger partial charge in [0.25, 0.3) is 5.91 Å². The van der Waals surface area contributed by atoms with E-state index in [9.17, 15) is 4.79 Å². The predicted molar refractivity (Wildman–Crippen MR) is 83.9 cm³/mol. The molecule has 1 saturated heterocycles. The summed E-state index contributed by atoms with van der Waals surface area (Å²) in [6.45, 7) is 2.69. The molecule has 0 spiro atoms. The third kappa shape index (κ3) is 3.00. The van der Waals surface area contributed by atoms with Gasteiger partial charge in [-0.05, 0) is 38.1 Å². The van der Waals surface area contributed by atoms with Crippen molar-refractivity contribution in [2.45, 2.75) is 25.4 Å². The standard InChI is InChI=1S/C16H18ClN3O2/c1-10-9-14(19-22-10)16(21)18-13-7-8-20(2)15(13)11-3-5-12(17)6-4-11/h3-6,9,13,15H,7-8H2,1-2H3,(H,18,21)/t13-,15-/m1/s1. The van der Waals surface area contributed by atoms with E-state index in [0.29, 0.717) is 16.5 Å². The molecule has 2 atom stereocenters. The van der Waals surface area contributed by atoms with Crippen LogP contribution in [0.25, 0.3) is 0 Å². The second-order valence-electron chi connectivity index (χ2n) is 5.67. The lowest BCUT2D eigenvalue weighted by atomic mass is 10.00. The Morgan fingerprint density at radius 1 is 1.41 bits per heavy atom. The molecule has 1 fully saturated rings. The lowest BCUT2D eigenvalue weighted by Crippen LogP contribution is -2.39. The summed E-state index contributed by atoms with van der Waals surface area (Å²) in [6.07, 6.45) is 0.895. The van der Waals surface area contributed by atoms with Crippen LogP contribution in [0.5, 0.6) is 0 Å². The largest absolute Gasteiger partial charge is 0.361 e. The third-order valence-corrected chi connectivity index (χ3v) is 4.29. The van der Waals surface area contributed by atoms with Crippen molar-refractivity contribution in [3.05, 3.63) is 52.4 Å². The number of aromatic nitrogens is 1. The first kappa shape index (κ1) is 15.1. The van der Waals surface area contributed by atoms with E-state index in [-0.39, 0.29) is 18.0 Å². The Balaban J connectivity index is 1.77. The minimum Gasteiger partial charge on any atom is -0.361 e. The van der Waals surface area contributed by atoms with Gasteiger partial charge in [0, 0.05) is 17.6 Å². The molecule has 1 aliphatic rings. The molecule has 0 aliphatic carbocycles. The summed E-state index contributed by atoms with van der Waals surface area (Å²) >= 11 is 5.96. The number of carbonyl (C=O) groups is 1. The molecule has 1 aliphatic heterocycles. The molecule has 3 rings (SSSR count). The molecular formula is C16H18ClN3O2. The summed E-state index contributed by atoms with van der Waals surface area (Å²) < 4.78 is 4.96. The number of benzene rings is 1. The van der Waals surface area contributed by atoms with Crippen molar-refractivity contribution < 1.29 is 9.32 Å². The van der Waals surface area contributed by atoms with E-state index in [1.807, 2.05) is 24.3 Å². The van der Waals surface area contributed by atoms with Crippen LogP contribution in [0.4, 0.5) is 0 Å². The Morgan fingerprint density at radius 2 is 2.14 bits per heavy atom. The summed E-state index contributed by atoms with van der Waals surface area (Å²) in [4.78, 5) is 14.5. The van der Waals surface area contributed by atoms with Gasteiger partial charge in [0.05, 0.1) is 12.1 Å². The highest BCUT2D eigenvalue weighted by atomic mass is 35.5. The van der Waals surface area contributed by atoms with Gasteiger partial charge >= 0.3 is 0 Å². The maximum atomic E-state index is 12.3. The van der Waals surface area contributed by atoms with Gasteiger partial charge in [-0.25, -0.2) is 0 Å². The summed E-state index contributed by atoms with van der Waals surface area (Å²) in [7, 11) is 2.06. The number of likely N-dealkylation sites (tertiary alicyclic amines) is 1. The van der Waals surface area contributed by atoms with Gasteiger partial charge in [-0.15, -0.1) is 0 Å². The van der Waals surface area contributed by atoms with E-state index < -0.39 is 0 Å². The Bertz CT molecular complexity index is 668. The highest BCUT2D eigenvalue weighted by Crippen LogP contribution is 2.31. The number of aryl methyl sites for hydroxylation is 1. The second kappa shape index (κ2) is 6.10. The van der Waals surface area contributed by atoms with Gasteiger partial charge in [0.1, 0.15) is 5.76 Å². The Labute approximate surface area is 134 Å². The van der Waals surface area contributed by atoms with Crippen molar-refractivity contribution in [2.75, 3.05) is 13.6 Å². The number of halogens is 1. The molecule has 5 nitrogen and oxygen atoms in total. The summed E-state index contributed by atoms with van der Waals surface area (Å²) in [5, 5.41) is 7.55. The average Bonchev–Trinajstić information content (AvgIpc) is 3.07. The van der Waals surface area contributed by atoms with Crippen LogP contribution >= 0.6 is 11.6 Å².